The summed E-state index contributed by atoms with van der Waals surface area (Å²) in [7, 11) is 0. The van der Waals surface area contributed by atoms with E-state index in [-0.39, 0.29) is 6.04 Å². The Morgan fingerprint density at radius 1 is 1.28 bits per heavy atom. The Hall–Kier alpha value is -1.79. The highest BCUT2D eigenvalue weighted by Gasteiger charge is 2.22. The highest BCUT2D eigenvalue weighted by Crippen LogP contribution is 2.35. The number of rotatable bonds is 5. The van der Waals surface area contributed by atoms with Gasteiger partial charge in [-0.05, 0) is 63.2 Å². The molecule has 0 spiro atoms. The molecule has 0 fully saturated rings. The second-order valence-electron chi connectivity index (χ2n) is 6.17. The molecular formula is C19H21BrN4S. The Morgan fingerprint density at radius 3 is 2.72 bits per heavy atom. The largest absolute Gasteiger partial charge is 0.290 e. The summed E-state index contributed by atoms with van der Waals surface area (Å²) in [5.41, 5.74) is 3.93. The standard InChI is InChI=1S/C19H21BrN4S/c1-11-13(3)25-19(17(11)10-15-7-6-8-16(20)9-15)24-14(4)22-23-18(24)12(2)21-5/h6-9,12H,5,10H2,1-4H3. The van der Waals surface area contributed by atoms with Crippen molar-refractivity contribution in [3.05, 3.63) is 62.0 Å². The third-order valence-electron chi connectivity index (χ3n) is 4.46. The van der Waals surface area contributed by atoms with E-state index in [4.69, 9.17) is 0 Å². The summed E-state index contributed by atoms with van der Waals surface area (Å²) < 4.78 is 3.24. The first-order valence-corrected chi connectivity index (χ1v) is 9.74. The fourth-order valence-corrected chi connectivity index (χ4v) is 4.56. The van der Waals surface area contributed by atoms with Crippen molar-refractivity contribution in [3.8, 4) is 5.00 Å². The summed E-state index contributed by atoms with van der Waals surface area (Å²) in [4.78, 5) is 5.46. The highest BCUT2D eigenvalue weighted by molar-refractivity contribution is 9.10. The van der Waals surface area contributed by atoms with Crippen LogP contribution in [-0.2, 0) is 6.42 Å². The maximum atomic E-state index is 4.34. The molecule has 2 heterocycles. The molecule has 25 heavy (non-hydrogen) atoms. The van der Waals surface area contributed by atoms with Gasteiger partial charge < -0.3 is 0 Å². The molecule has 0 bridgehead atoms. The molecule has 0 aliphatic carbocycles. The van der Waals surface area contributed by atoms with Gasteiger partial charge in [0.05, 0.1) is 0 Å². The molecular weight excluding hydrogens is 396 g/mol. The number of aromatic nitrogens is 3. The fourth-order valence-electron chi connectivity index (χ4n) is 2.88. The van der Waals surface area contributed by atoms with Crippen LogP contribution in [0.2, 0.25) is 0 Å². The van der Waals surface area contributed by atoms with Crippen LogP contribution < -0.4 is 0 Å². The molecule has 3 aromatic rings. The van der Waals surface area contributed by atoms with Gasteiger partial charge in [0, 0.05) is 15.8 Å². The Bertz CT molecular complexity index is 926. The molecule has 130 valence electrons. The molecule has 1 unspecified atom stereocenters. The topological polar surface area (TPSA) is 43.1 Å². The van der Waals surface area contributed by atoms with Crippen LogP contribution in [0.1, 0.15) is 46.2 Å². The lowest BCUT2D eigenvalue weighted by Crippen LogP contribution is -2.06. The van der Waals surface area contributed by atoms with Gasteiger partial charge in [-0.25, -0.2) is 0 Å². The summed E-state index contributed by atoms with van der Waals surface area (Å²) in [5.74, 6) is 1.71. The molecule has 4 nitrogen and oxygen atoms in total. The monoisotopic (exact) mass is 416 g/mol. The molecule has 3 rings (SSSR count). The summed E-state index contributed by atoms with van der Waals surface area (Å²) in [6, 6.07) is 8.36. The van der Waals surface area contributed by atoms with Crippen molar-refractivity contribution < 1.29 is 0 Å². The zero-order valence-electron chi connectivity index (χ0n) is 14.9. The molecule has 1 atom stereocenters. The number of benzene rings is 1. The fraction of sp³-hybridized carbons (Fsp3) is 0.316. The average Bonchev–Trinajstić information content (AvgIpc) is 3.09. The number of nitrogens with zero attached hydrogens (tertiary/aromatic N) is 4. The van der Waals surface area contributed by atoms with Gasteiger partial charge in [0.15, 0.2) is 5.82 Å². The van der Waals surface area contributed by atoms with E-state index in [1.54, 1.807) is 11.3 Å². The molecule has 0 radical (unpaired) electrons. The van der Waals surface area contributed by atoms with E-state index in [0.717, 1.165) is 22.5 Å². The first-order valence-electron chi connectivity index (χ1n) is 8.13. The van der Waals surface area contributed by atoms with Gasteiger partial charge in [-0.2, -0.15) is 0 Å². The molecule has 0 saturated heterocycles. The van der Waals surface area contributed by atoms with E-state index in [1.807, 2.05) is 13.8 Å². The van der Waals surface area contributed by atoms with E-state index < -0.39 is 0 Å². The smallest absolute Gasteiger partial charge is 0.162 e. The van der Waals surface area contributed by atoms with Gasteiger partial charge in [0.1, 0.15) is 16.9 Å². The lowest BCUT2D eigenvalue weighted by Gasteiger charge is -2.12. The summed E-state index contributed by atoms with van der Waals surface area (Å²) in [6.07, 6.45) is 0.873. The quantitative estimate of drug-likeness (QED) is 0.524. The van der Waals surface area contributed by atoms with Crippen molar-refractivity contribution in [1.29, 1.82) is 0 Å². The minimum absolute atomic E-state index is 0.0948. The Balaban J connectivity index is 2.14. The SMILES string of the molecule is C=NC(C)c1nnc(C)n1-c1sc(C)c(C)c1Cc1cccc(Br)c1. The van der Waals surface area contributed by atoms with Crippen LogP contribution in [0.4, 0.5) is 0 Å². The summed E-state index contributed by atoms with van der Waals surface area (Å²) in [6.45, 7) is 12.0. The molecule has 2 aromatic heterocycles. The summed E-state index contributed by atoms with van der Waals surface area (Å²) in [5, 5.41) is 9.81. The molecule has 0 aliphatic heterocycles. The van der Waals surface area contributed by atoms with Crippen LogP contribution in [0.5, 0.6) is 0 Å². The lowest BCUT2D eigenvalue weighted by atomic mass is 10.0. The molecule has 0 amide bonds. The number of halogens is 1. The van der Waals surface area contributed by atoms with Crippen LogP contribution in [0, 0.1) is 20.8 Å². The van der Waals surface area contributed by atoms with Gasteiger partial charge in [-0.15, -0.1) is 21.5 Å². The lowest BCUT2D eigenvalue weighted by molar-refractivity contribution is 0.720. The van der Waals surface area contributed by atoms with Crippen LogP contribution in [0.25, 0.3) is 5.00 Å². The maximum Gasteiger partial charge on any atom is 0.162 e. The van der Waals surface area contributed by atoms with E-state index in [0.29, 0.717) is 0 Å². The molecule has 0 aliphatic rings. The third kappa shape index (κ3) is 3.46. The first-order chi connectivity index (χ1) is 11.9. The van der Waals surface area contributed by atoms with Crippen molar-refractivity contribution in [3.63, 3.8) is 0 Å². The van der Waals surface area contributed by atoms with Crippen LogP contribution in [0.15, 0.2) is 33.7 Å². The molecule has 0 saturated carbocycles. The normalized spacial score (nSPS) is 12.4. The zero-order valence-corrected chi connectivity index (χ0v) is 17.3. The second-order valence-corrected chi connectivity index (χ2v) is 8.29. The van der Waals surface area contributed by atoms with E-state index >= 15 is 0 Å². The van der Waals surface area contributed by atoms with Gasteiger partial charge in [0.2, 0.25) is 0 Å². The van der Waals surface area contributed by atoms with Gasteiger partial charge in [0.25, 0.3) is 0 Å². The Morgan fingerprint density at radius 2 is 2.04 bits per heavy atom. The molecule has 0 N–H and O–H groups in total. The highest BCUT2D eigenvalue weighted by atomic mass is 79.9. The van der Waals surface area contributed by atoms with Crippen molar-refractivity contribution in [2.75, 3.05) is 0 Å². The predicted molar refractivity (Wildman–Crippen MR) is 108 cm³/mol. The number of aryl methyl sites for hydroxylation is 2. The van der Waals surface area contributed by atoms with E-state index in [1.165, 1.54) is 26.6 Å². The van der Waals surface area contributed by atoms with Gasteiger partial charge in [-0.3, -0.25) is 9.56 Å². The second kappa shape index (κ2) is 7.22. The van der Waals surface area contributed by atoms with Crippen LogP contribution in [-0.4, -0.2) is 21.5 Å². The van der Waals surface area contributed by atoms with Crippen molar-refractivity contribution in [1.82, 2.24) is 14.8 Å². The van der Waals surface area contributed by atoms with Crippen molar-refractivity contribution >= 4 is 34.0 Å². The van der Waals surface area contributed by atoms with Gasteiger partial charge >= 0.3 is 0 Å². The third-order valence-corrected chi connectivity index (χ3v) is 6.19. The molecule has 1 aromatic carbocycles. The van der Waals surface area contributed by atoms with Crippen molar-refractivity contribution in [2.24, 2.45) is 4.99 Å². The van der Waals surface area contributed by atoms with Crippen LogP contribution >= 0.6 is 27.3 Å². The predicted octanol–water partition coefficient (Wildman–Crippen LogP) is 5.37. The van der Waals surface area contributed by atoms with Gasteiger partial charge in [-0.1, -0.05) is 28.1 Å². The van der Waals surface area contributed by atoms with Crippen LogP contribution in [0.3, 0.4) is 0 Å². The number of hydrogen-bond acceptors (Lipinski definition) is 4. The maximum absolute atomic E-state index is 4.34. The Labute approximate surface area is 160 Å². The number of aliphatic imine (C=N–C) groups is 1. The van der Waals surface area contributed by atoms with E-state index in [2.05, 4.69) is 80.5 Å². The summed E-state index contributed by atoms with van der Waals surface area (Å²) >= 11 is 5.35. The van der Waals surface area contributed by atoms with E-state index in [9.17, 15) is 0 Å². The number of thiophene rings is 1. The minimum Gasteiger partial charge on any atom is -0.290 e. The zero-order chi connectivity index (χ0) is 18.1. The minimum atomic E-state index is -0.0948. The first kappa shape index (κ1) is 18.0. The number of hydrogen-bond donors (Lipinski definition) is 0. The average molecular weight is 417 g/mol. The molecule has 6 heteroatoms. The van der Waals surface area contributed by atoms with Crippen molar-refractivity contribution in [2.45, 2.75) is 40.2 Å². The Kier molecular flexibility index (Phi) is 5.20.